The van der Waals surface area contributed by atoms with E-state index in [2.05, 4.69) is 22.5 Å². The summed E-state index contributed by atoms with van der Waals surface area (Å²) in [7, 11) is 1.80. The van der Waals surface area contributed by atoms with E-state index < -0.39 is 0 Å². The lowest BCUT2D eigenvalue weighted by molar-refractivity contribution is 0.297. The van der Waals surface area contributed by atoms with Crippen LogP contribution in [0.2, 0.25) is 0 Å². The number of guanidine groups is 1. The summed E-state index contributed by atoms with van der Waals surface area (Å²) in [4.78, 5) is 4.31. The molecule has 1 aromatic rings. The minimum Gasteiger partial charge on any atom is -0.490 e. The van der Waals surface area contributed by atoms with Crippen LogP contribution in [0.25, 0.3) is 0 Å². The fourth-order valence-corrected chi connectivity index (χ4v) is 2.82. The van der Waals surface area contributed by atoms with Crippen molar-refractivity contribution >= 4 is 35.6 Å². The van der Waals surface area contributed by atoms with Crippen molar-refractivity contribution in [1.29, 1.82) is 0 Å². The number of ether oxygens (including phenoxy) is 2. The summed E-state index contributed by atoms with van der Waals surface area (Å²) >= 11 is 0. The summed E-state index contributed by atoms with van der Waals surface area (Å²) in [5, 5.41) is 6.82. The number of hydrogen-bond donors (Lipinski definition) is 2. The average molecular weight is 431 g/mol. The third-order valence-corrected chi connectivity index (χ3v) is 4.14. The molecule has 0 saturated heterocycles. The monoisotopic (exact) mass is 431 g/mol. The summed E-state index contributed by atoms with van der Waals surface area (Å²) < 4.78 is 11.4. The number of nitrogens with zero attached hydrogens (tertiary/aromatic N) is 1. The molecule has 3 rings (SSSR count). The van der Waals surface area contributed by atoms with Gasteiger partial charge < -0.3 is 20.1 Å². The average Bonchev–Trinajstić information content (AvgIpc) is 3.29. The van der Waals surface area contributed by atoms with E-state index in [1.807, 2.05) is 18.2 Å². The second-order valence-electron chi connectivity index (χ2n) is 5.94. The van der Waals surface area contributed by atoms with Gasteiger partial charge in [-0.2, -0.15) is 0 Å². The molecule has 0 aromatic heterocycles. The molecule has 2 unspecified atom stereocenters. The van der Waals surface area contributed by atoms with Crippen molar-refractivity contribution in [2.45, 2.75) is 38.6 Å². The van der Waals surface area contributed by atoms with Crippen LogP contribution in [0.15, 0.2) is 23.2 Å². The van der Waals surface area contributed by atoms with Gasteiger partial charge in [-0.3, -0.25) is 4.99 Å². The molecule has 1 aliphatic heterocycles. The number of aliphatic imine (C=N–C) groups is 1. The predicted octanol–water partition coefficient (Wildman–Crippen LogP) is 3.64. The highest BCUT2D eigenvalue weighted by Gasteiger charge is 2.36. The van der Waals surface area contributed by atoms with Crippen LogP contribution in [0.1, 0.15) is 32.6 Å². The van der Waals surface area contributed by atoms with Crippen molar-refractivity contribution < 1.29 is 9.47 Å². The quantitative estimate of drug-likeness (QED) is 0.434. The van der Waals surface area contributed by atoms with Gasteiger partial charge >= 0.3 is 0 Å². The van der Waals surface area contributed by atoms with Gasteiger partial charge in [0.15, 0.2) is 17.5 Å². The molecule has 6 heteroatoms. The Morgan fingerprint density at radius 3 is 2.78 bits per heavy atom. The van der Waals surface area contributed by atoms with Gasteiger partial charge in [0.05, 0.1) is 13.2 Å². The van der Waals surface area contributed by atoms with E-state index in [0.29, 0.717) is 19.3 Å². The summed E-state index contributed by atoms with van der Waals surface area (Å²) in [5.41, 5.74) is 0.963. The first-order valence-electron chi connectivity index (χ1n) is 8.20. The SMILES string of the molecule is CCCC1CC1NC(=NC)Nc1ccc2c(c1)OCCCO2.I. The smallest absolute Gasteiger partial charge is 0.195 e. The van der Waals surface area contributed by atoms with Gasteiger partial charge in [0.25, 0.3) is 0 Å². The fourth-order valence-electron chi connectivity index (χ4n) is 2.82. The zero-order chi connectivity index (χ0) is 15.4. The zero-order valence-electron chi connectivity index (χ0n) is 13.8. The molecule has 1 aromatic carbocycles. The van der Waals surface area contributed by atoms with E-state index in [-0.39, 0.29) is 24.0 Å². The van der Waals surface area contributed by atoms with Crippen LogP contribution >= 0.6 is 24.0 Å². The highest BCUT2D eigenvalue weighted by atomic mass is 127. The lowest BCUT2D eigenvalue weighted by atomic mass is 10.2. The molecule has 23 heavy (non-hydrogen) atoms. The minimum atomic E-state index is 0. The lowest BCUT2D eigenvalue weighted by Gasteiger charge is -2.14. The molecule has 1 saturated carbocycles. The van der Waals surface area contributed by atoms with Crippen LogP contribution < -0.4 is 20.1 Å². The van der Waals surface area contributed by atoms with Crippen LogP contribution in [0.4, 0.5) is 5.69 Å². The second-order valence-corrected chi connectivity index (χ2v) is 5.94. The van der Waals surface area contributed by atoms with Crippen LogP contribution in [0.3, 0.4) is 0 Å². The molecule has 5 nitrogen and oxygen atoms in total. The van der Waals surface area contributed by atoms with E-state index in [9.17, 15) is 0 Å². The van der Waals surface area contributed by atoms with Crippen molar-refractivity contribution in [2.75, 3.05) is 25.6 Å². The topological polar surface area (TPSA) is 54.9 Å². The molecule has 0 bridgehead atoms. The Morgan fingerprint density at radius 2 is 2.04 bits per heavy atom. The number of rotatable bonds is 4. The maximum Gasteiger partial charge on any atom is 0.195 e. The number of benzene rings is 1. The summed E-state index contributed by atoms with van der Waals surface area (Å²) in [6, 6.07) is 6.49. The first-order valence-corrected chi connectivity index (χ1v) is 8.20. The summed E-state index contributed by atoms with van der Waals surface area (Å²) in [5.74, 6) is 3.23. The van der Waals surface area contributed by atoms with Crippen molar-refractivity contribution in [1.82, 2.24) is 5.32 Å². The second kappa shape index (κ2) is 8.61. The number of hydrogen-bond acceptors (Lipinski definition) is 3. The summed E-state index contributed by atoms with van der Waals surface area (Å²) in [6.07, 6.45) is 4.70. The molecule has 1 fully saturated rings. The Bertz CT molecular complexity index is 551. The third kappa shape index (κ3) is 4.89. The molecule has 2 aliphatic rings. The molecule has 1 heterocycles. The summed E-state index contributed by atoms with van der Waals surface area (Å²) in [6.45, 7) is 3.65. The molecule has 2 atom stereocenters. The van der Waals surface area contributed by atoms with Crippen LogP contribution in [0, 0.1) is 5.92 Å². The van der Waals surface area contributed by atoms with Crippen molar-refractivity contribution in [3.8, 4) is 11.5 Å². The largest absolute Gasteiger partial charge is 0.490 e. The van der Waals surface area contributed by atoms with Crippen LogP contribution in [-0.4, -0.2) is 32.3 Å². The van der Waals surface area contributed by atoms with Gasteiger partial charge in [0, 0.05) is 31.3 Å². The van der Waals surface area contributed by atoms with Gasteiger partial charge in [0.1, 0.15) is 0 Å². The lowest BCUT2D eigenvalue weighted by Crippen LogP contribution is -2.33. The van der Waals surface area contributed by atoms with E-state index in [1.165, 1.54) is 19.3 Å². The Labute approximate surface area is 155 Å². The van der Waals surface area contributed by atoms with Gasteiger partial charge in [0.2, 0.25) is 0 Å². The maximum atomic E-state index is 5.72. The fraction of sp³-hybridized carbons (Fsp3) is 0.588. The molecule has 128 valence electrons. The Morgan fingerprint density at radius 1 is 1.26 bits per heavy atom. The normalized spacial score (nSPS) is 22.6. The van der Waals surface area contributed by atoms with E-state index >= 15 is 0 Å². The molecule has 0 radical (unpaired) electrons. The van der Waals surface area contributed by atoms with Crippen LogP contribution in [-0.2, 0) is 0 Å². The molecule has 2 N–H and O–H groups in total. The van der Waals surface area contributed by atoms with Gasteiger partial charge in [-0.25, -0.2) is 0 Å². The molecule has 1 aliphatic carbocycles. The van der Waals surface area contributed by atoms with Gasteiger partial charge in [-0.15, -0.1) is 24.0 Å². The first-order chi connectivity index (χ1) is 10.8. The predicted molar refractivity (Wildman–Crippen MR) is 104 cm³/mol. The van der Waals surface area contributed by atoms with E-state index in [4.69, 9.17) is 9.47 Å². The van der Waals surface area contributed by atoms with Crippen LogP contribution in [0.5, 0.6) is 11.5 Å². The maximum absolute atomic E-state index is 5.72. The number of halogens is 1. The standard InChI is InChI=1S/C17H25N3O2.HI/c1-3-5-12-10-14(12)20-17(18-2)19-13-6-7-15-16(11-13)22-9-4-8-21-15;/h6-7,11-12,14H,3-5,8-10H2,1-2H3,(H2,18,19,20);1H. The Hall–Kier alpha value is -1.18. The first kappa shape index (κ1) is 18.2. The van der Waals surface area contributed by atoms with Crippen molar-refractivity contribution in [3.05, 3.63) is 18.2 Å². The van der Waals surface area contributed by atoms with E-state index in [0.717, 1.165) is 35.5 Å². The van der Waals surface area contributed by atoms with Gasteiger partial charge in [-0.1, -0.05) is 13.3 Å². The number of nitrogens with one attached hydrogen (secondary N) is 2. The van der Waals surface area contributed by atoms with Crippen molar-refractivity contribution in [2.24, 2.45) is 10.9 Å². The van der Waals surface area contributed by atoms with Crippen molar-refractivity contribution in [3.63, 3.8) is 0 Å². The molecular weight excluding hydrogens is 405 g/mol. The highest BCUT2D eigenvalue weighted by molar-refractivity contribution is 14.0. The van der Waals surface area contributed by atoms with Gasteiger partial charge in [-0.05, 0) is 30.9 Å². The number of fused-ring (bicyclic) bond motifs is 1. The Kier molecular flexibility index (Phi) is 6.80. The Balaban J connectivity index is 0.00000192. The molecular formula is C17H26IN3O2. The number of anilines is 1. The zero-order valence-corrected chi connectivity index (χ0v) is 16.1. The molecule has 0 spiro atoms. The minimum absolute atomic E-state index is 0. The third-order valence-electron chi connectivity index (χ3n) is 4.14. The molecule has 0 amide bonds. The highest BCUT2D eigenvalue weighted by Crippen LogP contribution is 2.35. The van der Waals surface area contributed by atoms with E-state index in [1.54, 1.807) is 7.05 Å².